The molecule has 0 fully saturated rings. The predicted molar refractivity (Wildman–Crippen MR) is 74.2 cm³/mol. The number of benzene rings is 1. The molecule has 98 valence electrons. The summed E-state index contributed by atoms with van der Waals surface area (Å²) in [6, 6.07) is 5.08. The molecule has 2 aromatic rings. The van der Waals surface area contributed by atoms with E-state index < -0.39 is 5.91 Å². The van der Waals surface area contributed by atoms with E-state index in [4.69, 9.17) is 5.73 Å². The third-order valence-electron chi connectivity index (χ3n) is 3.05. The Bertz CT molecular complexity index is 639. The largest absolute Gasteiger partial charge is 0.505 e. The van der Waals surface area contributed by atoms with E-state index in [1.165, 1.54) is 18.5 Å². The number of aromatic nitrogens is 1. The second-order valence-corrected chi connectivity index (χ2v) is 4.32. The molecular formula is C14H15N3O2. The summed E-state index contributed by atoms with van der Waals surface area (Å²) in [6.45, 7) is 3.82. The van der Waals surface area contributed by atoms with Crippen molar-refractivity contribution in [3.05, 3.63) is 47.3 Å². The molecule has 0 unspecified atom stereocenters. The van der Waals surface area contributed by atoms with E-state index in [0.717, 1.165) is 11.1 Å². The van der Waals surface area contributed by atoms with E-state index in [1.807, 2.05) is 19.9 Å². The Kier molecular flexibility index (Phi) is 3.37. The van der Waals surface area contributed by atoms with Crippen molar-refractivity contribution in [2.75, 3.05) is 11.1 Å². The maximum Gasteiger partial charge on any atom is 0.259 e. The lowest BCUT2D eigenvalue weighted by molar-refractivity contribution is 0.102. The van der Waals surface area contributed by atoms with Crippen LogP contribution in [0.15, 0.2) is 30.6 Å². The average Bonchev–Trinajstić information content (AvgIpc) is 2.39. The Morgan fingerprint density at radius 2 is 2.05 bits per heavy atom. The molecule has 19 heavy (non-hydrogen) atoms. The number of nitrogens with two attached hydrogens (primary N) is 1. The number of carbonyl (C=O) groups excluding carboxylic acids is 1. The van der Waals surface area contributed by atoms with Crippen molar-refractivity contribution in [2.45, 2.75) is 13.8 Å². The van der Waals surface area contributed by atoms with Crippen LogP contribution in [0.4, 0.5) is 11.4 Å². The van der Waals surface area contributed by atoms with Crippen LogP contribution in [0.3, 0.4) is 0 Å². The van der Waals surface area contributed by atoms with Crippen molar-refractivity contribution in [3.8, 4) is 5.75 Å². The standard InChI is InChI=1S/C14H15N3O2/c1-8-3-4-11(15)13(9(8)2)17-14(19)10-5-6-16-7-12(10)18/h3-7,18H,15H2,1-2H3,(H,17,19). The van der Waals surface area contributed by atoms with E-state index in [9.17, 15) is 9.90 Å². The SMILES string of the molecule is Cc1ccc(N)c(NC(=O)c2ccncc2O)c1C. The van der Waals surface area contributed by atoms with Crippen LogP contribution in [0.1, 0.15) is 21.5 Å². The molecule has 0 aliphatic carbocycles. The van der Waals surface area contributed by atoms with Crippen molar-refractivity contribution in [1.82, 2.24) is 4.98 Å². The third kappa shape index (κ3) is 2.49. The summed E-state index contributed by atoms with van der Waals surface area (Å²) in [7, 11) is 0. The number of nitrogens with zero attached hydrogens (tertiary/aromatic N) is 1. The van der Waals surface area contributed by atoms with Crippen molar-refractivity contribution >= 4 is 17.3 Å². The molecule has 5 heteroatoms. The van der Waals surface area contributed by atoms with Crippen molar-refractivity contribution < 1.29 is 9.90 Å². The summed E-state index contributed by atoms with van der Waals surface area (Å²) in [4.78, 5) is 15.8. The number of pyridine rings is 1. The molecule has 1 amide bonds. The van der Waals surface area contributed by atoms with Crippen LogP contribution in [0.25, 0.3) is 0 Å². The minimum atomic E-state index is -0.416. The lowest BCUT2D eigenvalue weighted by atomic mass is 10.1. The first-order chi connectivity index (χ1) is 9.00. The molecule has 0 bridgehead atoms. The van der Waals surface area contributed by atoms with Crippen LogP contribution in [-0.2, 0) is 0 Å². The second kappa shape index (κ2) is 4.97. The molecule has 0 radical (unpaired) electrons. The van der Waals surface area contributed by atoms with E-state index in [-0.39, 0.29) is 11.3 Å². The summed E-state index contributed by atoms with van der Waals surface area (Å²) < 4.78 is 0. The molecule has 0 atom stereocenters. The lowest BCUT2D eigenvalue weighted by Gasteiger charge is -2.13. The van der Waals surface area contributed by atoms with Gasteiger partial charge in [0.1, 0.15) is 5.75 Å². The highest BCUT2D eigenvalue weighted by molar-refractivity contribution is 6.07. The van der Waals surface area contributed by atoms with Crippen LogP contribution in [-0.4, -0.2) is 16.0 Å². The number of anilines is 2. The zero-order chi connectivity index (χ0) is 14.0. The topological polar surface area (TPSA) is 88.2 Å². The van der Waals surface area contributed by atoms with Gasteiger partial charge in [0, 0.05) is 6.20 Å². The molecular weight excluding hydrogens is 242 g/mol. The van der Waals surface area contributed by atoms with Gasteiger partial charge in [-0.05, 0) is 37.1 Å². The Hall–Kier alpha value is -2.56. The summed E-state index contributed by atoms with van der Waals surface area (Å²) in [5, 5.41) is 12.3. The molecule has 5 nitrogen and oxygen atoms in total. The van der Waals surface area contributed by atoms with Gasteiger partial charge in [-0.2, -0.15) is 0 Å². The summed E-state index contributed by atoms with van der Waals surface area (Å²) >= 11 is 0. The number of aromatic hydroxyl groups is 1. The van der Waals surface area contributed by atoms with Gasteiger partial charge in [0.15, 0.2) is 0 Å². The van der Waals surface area contributed by atoms with E-state index in [1.54, 1.807) is 6.07 Å². The number of hydrogen-bond acceptors (Lipinski definition) is 4. The zero-order valence-electron chi connectivity index (χ0n) is 10.8. The zero-order valence-corrected chi connectivity index (χ0v) is 10.8. The summed E-state index contributed by atoms with van der Waals surface area (Å²) in [6.07, 6.45) is 2.67. The Morgan fingerprint density at radius 3 is 2.74 bits per heavy atom. The monoisotopic (exact) mass is 257 g/mol. The van der Waals surface area contributed by atoms with Crippen LogP contribution < -0.4 is 11.1 Å². The molecule has 1 aromatic heterocycles. The fraction of sp³-hybridized carbons (Fsp3) is 0.143. The number of amides is 1. The summed E-state index contributed by atoms with van der Waals surface area (Å²) in [5.74, 6) is -0.579. The van der Waals surface area contributed by atoms with Gasteiger partial charge >= 0.3 is 0 Å². The highest BCUT2D eigenvalue weighted by Gasteiger charge is 2.14. The maximum atomic E-state index is 12.1. The summed E-state index contributed by atoms with van der Waals surface area (Å²) in [5.41, 5.74) is 9.02. The molecule has 0 saturated carbocycles. The number of aryl methyl sites for hydroxylation is 1. The van der Waals surface area contributed by atoms with Gasteiger partial charge in [-0.1, -0.05) is 6.07 Å². The molecule has 1 aromatic carbocycles. The van der Waals surface area contributed by atoms with Crippen LogP contribution in [0.5, 0.6) is 5.75 Å². The van der Waals surface area contributed by atoms with Gasteiger partial charge < -0.3 is 16.2 Å². The first kappa shape index (κ1) is 12.9. The normalized spacial score (nSPS) is 10.2. The minimum absolute atomic E-state index is 0.162. The quantitative estimate of drug-likeness (QED) is 0.720. The number of nitrogen functional groups attached to an aromatic ring is 1. The van der Waals surface area contributed by atoms with Crippen molar-refractivity contribution in [2.24, 2.45) is 0 Å². The molecule has 0 saturated heterocycles. The smallest absolute Gasteiger partial charge is 0.259 e. The van der Waals surface area contributed by atoms with Gasteiger partial charge in [-0.3, -0.25) is 9.78 Å². The highest BCUT2D eigenvalue weighted by Crippen LogP contribution is 2.27. The van der Waals surface area contributed by atoms with Crippen molar-refractivity contribution in [3.63, 3.8) is 0 Å². The van der Waals surface area contributed by atoms with E-state index in [0.29, 0.717) is 11.4 Å². The van der Waals surface area contributed by atoms with Gasteiger partial charge in [-0.25, -0.2) is 0 Å². The second-order valence-electron chi connectivity index (χ2n) is 4.32. The van der Waals surface area contributed by atoms with Crippen molar-refractivity contribution in [1.29, 1.82) is 0 Å². The Balaban J connectivity index is 2.35. The number of hydrogen-bond donors (Lipinski definition) is 3. The number of nitrogens with one attached hydrogen (secondary N) is 1. The van der Waals surface area contributed by atoms with Crippen LogP contribution in [0, 0.1) is 13.8 Å². The maximum absolute atomic E-state index is 12.1. The fourth-order valence-corrected chi connectivity index (χ4v) is 1.76. The highest BCUT2D eigenvalue weighted by atomic mass is 16.3. The first-order valence-corrected chi connectivity index (χ1v) is 5.80. The van der Waals surface area contributed by atoms with Gasteiger partial charge in [0.05, 0.1) is 23.1 Å². The first-order valence-electron chi connectivity index (χ1n) is 5.80. The molecule has 4 N–H and O–H groups in total. The van der Waals surface area contributed by atoms with E-state index in [2.05, 4.69) is 10.3 Å². The van der Waals surface area contributed by atoms with Crippen LogP contribution in [0.2, 0.25) is 0 Å². The minimum Gasteiger partial charge on any atom is -0.505 e. The van der Waals surface area contributed by atoms with Gasteiger partial charge in [0.2, 0.25) is 0 Å². The van der Waals surface area contributed by atoms with E-state index >= 15 is 0 Å². The van der Waals surface area contributed by atoms with Gasteiger partial charge in [0.25, 0.3) is 5.91 Å². The Morgan fingerprint density at radius 1 is 1.32 bits per heavy atom. The fourth-order valence-electron chi connectivity index (χ4n) is 1.76. The van der Waals surface area contributed by atoms with Gasteiger partial charge in [-0.15, -0.1) is 0 Å². The Labute approximate surface area is 111 Å². The molecule has 2 rings (SSSR count). The molecule has 0 aliphatic rings. The predicted octanol–water partition coefficient (Wildman–Crippen LogP) is 2.24. The third-order valence-corrected chi connectivity index (χ3v) is 3.05. The molecule has 0 aliphatic heterocycles. The molecule has 0 spiro atoms. The lowest BCUT2D eigenvalue weighted by Crippen LogP contribution is -2.15. The number of rotatable bonds is 2. The molecule has 1 heterocycles. The number of carbonyl (C=O) groups is 1. The average molecular weight is 257 g/mol. The van der Waals surface area contributed by atoms with Crippen LogP contribution >= 0.6 is 0 Å².